The third-order valence-corrected chi connectivity index (χ3v) is 6.07. The van der Waals surface area contributed by atoms with Gasteiger partial charge in [-0.25, -0.2) is 0 Å². The Morgan fingerprint density at radius 1 is 0.684 bits per heavy atom. The molecular weight excluding hydrogens is 228 g/mol. The van der Waals surface area contributed by atoms with Gasteiger partial charge < -0.3 is 0 Å². The molecule has 0 atom stereocenters. The third-order valence-electron chi connectivity index (χ3n) is 6.07. The second-order valence-corrected chi connectivity index (χ2v) is 7.35. The van der Waals surface area contributed by atoms with Gasteiger partial charge in [-0.05, 0) is 69.1 Å². The van der Waals surface area contributed by atoms with Crippen molar-refractivity contribution >= 4 is 0 Å². The van der Waals surface area contributed by atoms with E-state index in [0.717, 1.165) is 17.8 Å². The first kappa shape index (κ1) is 13.7. The van der Waals surface area contributed by atoms with Gasteiger partial charge in [-0.1, -0.05) is 50.2 Å². The van der Waals surface area contributed by atoms with Crippen molar-refractivity contribution in [3.63, 3.8) is 0 Å². The monoisotopic (exact) mass is 260 g/mol. The SMILES string of the molecule is C1=C(C(C2CCCCC2)C2CCCCC2)CCCC1. The van der Waals surface area contributed by atoms with Crippen molar-refractivity contribution in [2.45, 2.75) is 89.9 Å². The number of allylic oxidation sites excluding steroid dienone is 2. The van der Waals surface area contributed by atoms with Crippen LogP contribution in [0.2, 0.25) is 0 Å². The van der Waals surface area contributed by atoms with E-state index < -0.39 is 0 Å². The Labute approximate surface area is 120 Å². The van der Waals surface area contributed by atoms with Crippen LogP contribution in [0, 0.1) is 17.8 Å². The van der Waals surface area contributed by atoms with Crippen LogP contribution in [-0.4, -0.2) is 0 Å². The highest BCUT2D eigenvalue weighted by Gasteiger charge is 2.33. The van der Waals surface area contributed by atoms with Crippen LogP contribution in [0.5, 0.6) is 0 Å². The summed E-state index contributed by atoms with van der Waals surface area (Å²) in [7, 11) is 0. The lowest BCUT2D eigenvalue weighted by atomic mass is 9.65. The van der Waals surface area contributed by atoms with Crippen LogP contribution in [0.3, 0.4) is 0 Å². The fraction of sp³-hybridized carbons (Fsp3) is 0.895. The molecule has 2 saturated carbocycles. The molecule has 3 aliphatic carbocycles. The van der Waals surface area contributed by atoms with Crippen molar-refractivity contribution in [2.24, 2.45) is 17.8 Å². The number of hydrogen-bond donors (Lipinski definition) is 0. The van der Waals surface area contributed by atoms with Crippen LogP contribution in [-0.2, 0) is 0 Å². The van der Waals surface area contributed by atoms with Crippen LogP contribution in [0.1, 0.15) is 89.9 Å². The van der Waals surface area contributed by atoms with E-state index in [9.17, 15) is 0 Å². The molecule has 3 rings (SSSR count). The minimum absolute atomic E-state index is 1.00. The second-order valence-electron chi connectivity index (χ2n) is 7.35. The van der Waals surface area contributed by atoms with Crippen molar-refractivity contribution < 1.29 is 0 Å². The Morgan fingerprint density at radius 2 is 1.26 bits per heavy atom. The molecule has 3 aliphatic rings. The summed E-state index contributed by atoms with van der Waals surface area (Å²) in [6.07, 6.45) is 23.6. The molecule has 0 nitrogen and oxygen atoms in total. The van der Waals surface area contributed by atoms with Crippen molar-refractivity contribution in [3.8, 4) is 0 Å². The molecular formula is C19H32. The van der Waals surface area contributed by atoms with E-state index in [-0.39, 0.29) is 0 Å². The molecule has 0 amide bonds. The minimum atomic E-state index is 1.00. The van der Waals surface area contributed by atoms with E-state index in [0.29, 0.717) is 0 Å². The maximum Gasteiger partial charge on any atom is -0.0147 e. The highest BCUT2D eigenvalue weighted by molar-refractivity contribution is 5.13. The molecule has 0 aromatic carbocycles. The topological polar surface area (TPSA) is 0 Å². The predicted molar refractivity (Wildman–Crippen MR) is 83.2 cm³/mol. The lowest BCUT2D eigenvalue weighted by Gasteiger charge is -2.40. The van der Waals surface area contributed by atoms with Gasteiger partial charge in [-0.15, -0.1) is 0 Å². The van der Waals surface area contributed by atoms with Gasteiger partial charge in [0.05, 0.1) is 0 Å². The van der Waals surface area contributed by atoms with Gasteiger partial charge in [-0.2, -0.15) is 0 Å². The fourth-order valence-electron chi connectivity index (χ4n) is 5.14. The summed E-state index contributed by atoms with van der Waals surface area (Å²) in [6.45, 7) is 0. The number of hydrogen-bond acceptors (Lipinski definition) is 0. The van der Waals surface area contributed by atoms with Gasteiger partial charge in [0.15, 0.2) is 0 Å². The van der Waals surface area contributed by atoms with Crippen LogP contribution in [0.15, 0.2) is 11.6 Å². The van der Waals surface area contributed by atoms with Crippen LogP contribution in [0.4, 0.5) is 0 Å². The van der Waals surface area contributed by atoms with Crippen molar-refractivity contribution in [3.05, 3.63) is 11.6 Å². The molecule has 0 bridgehead atoms. The van der Waals surface area contributed by atoms with E-state index >= 15 is 0 Å². The third kappa shape index (κ3) is 3.44. The highest BCUT2D eigenvalue weighted by Crippen LogP contribution is 2.45. The highest BCUT2D eigenvalue weighted by atomic mass is 14.4. The molecule has 0 spiro atoms. The Balaban J connectivity index is 1.74. The van der Waals surface area contributed by atoms with E-state index in [1.165, 1.54) is 64.2 Å². The Kier molecular flexibility index (Phi) is 5.02. The van der Waals surface area contributed by atoms with Crippen molar-refractivity contribution in [1.82, 2.24) is 0 Å². The average molecular weight is 260 g/mol. The zero-order chi connectivity index (χ0) is 12.9. The van der Waals surface area contributed by atoms with Crippen molar-refractivity contribution in [2.75, 3.05) is 0 Å². The summed E-state index contributed by atoms with van der Waals surface area (Å²) in [5.41, 5.74) is 1.91. The normalized spacial score (nSPS) is 27.5. The standard InChI is InChI=1S/C19H32/c1-4-10-16(11-5-1)19(17-12-6-2-7-13-17)18-14-8-3-9-15-18/h10,17-19H,1-9,11-15H2. The quantitative estimate of drug-likeness (QED) is 0.525. The molecule has 0 aliphatic heterocycles. The zero-order valence-corrected chi connectivity index (χ0v) is 12.7. The Hall–Kier alpha value is -0.260. The Bertz CT molecular complexity index is 271. The van der Waals surface area contributed by atoms with Gasteiger partial charge in [-0.3, -0.25) is 0 Å². The average Bonchev–Trinajstić information content (AvgIpc) is 2.51. The summed E-state index contributed by atoms with van der Waals surface area (Å²) in [5, 5.41) is 0. The van der Waals surface area contributed by atoms with Gasteiger partial charge in [0, 0.05) is 0 Å². The maximum absolute atomic E-state index is 2.66. The predicted octanol–water partition coefficient (Wildman–Crippen LogP) is 6.26. The summed E-state index contributed by atoms with van der Waals surface area (Å²) in [5.74, 6) is 3.11. The largest absolute Gasteiger partial charge is 0.0850 e. The first-order valence-corrected chi connectivity index (χ1v) is 9.14. The minimum Gasteiger partial charge on any atom is -0.0850 e. The van der Waals surface area contributed by atoms with Crippen molar-refractivity contribution in [1.29, 1.82) is 0 Å². The van der Waals surface area contributed by atoms with E-state index in [1.54, 1.807) is 25.7 Å². The molecule has 0 N–H and O–H groups in total. The summed E-state index contributed by atoms with van der Waals surface area (Å²) >= 11 is 0. The summed E-state index contributed by atoms with van der Waals surface area (Å²) < 4.78 is 0. The fourth-order valence-corrected chi connectivity index (χ4v) is 5.14. The summed E-state index contributed by atoms with van der Waals surface area (Å²) in [6, 6.07) is 0. The van der Waals surface area contributed by atoms with Crippen LogP contribution >= 0.6 is 0 Å². The van der Waals surface area contributed by atoms with Crippen LogP contribution < -0.4 is 0 Å². The van der Waals surface area contributed by atoms with Gasteiger partial charge in [0.1, 0.15) is 0 Å². The zero-order valence-electron chi connectivity index (χ0n) is 12.7. The molecule has 0 radical (unpaired) electrons. The second kappa shape index (κ2) is 6.95. The smallest absolute Gasteiger partial charge is 0.0147 e. The van der Waals surface area contributed by atoms with Gasteiger partial charge in [0.25, 0.3) is 0 Å². The lowest BCUT2D eigenvalue weighted by Crippen LogP contribution is -2.29. The lowest BCUT2D eigenvalue weighted by molar-refractivity contribution is 0.167. The van der Waals surface area contributed by atoms with Gasteiger partial charge >= 0.3 is 0 Å². The molecule has 2 fully saturated rings. The van der Waals surface area contributed by atoms with Gasteiger partial charge in [0.2, 0.25) is 0 Å². The van der Waals surface area contributed by atoms with E-state index in [1.807, 2.05) is 5.57 Å². The molecule has 0 unspecified atom stereocenters. The van der Waals surface area contributed by atoms with E-state index in [4.69, 9.17) is 0 Å². The maximum atomic E-state index is 2.66. The molecule has 0 heteroatoms. The first-order valence-electron chi connectivity index (χ1n) is 9.14. The molecule has 108 valence electrons. The molecule has 0 aromatic heterocycles. The molecule has 0 aromatic rings. The summed E-state index contributed by atoms with van der Waals surface area (Å²) in [4.78, 5) is 0. The molecule has 0 saturated heterocycles. The molecule has 19 heavy (non-hydrogen) atoms. The van der Waals surface area contributed by atoms with Crippen LogP contribution in [0.25, 0.3) is 0 Å². The van der Waals surface area contributed by atoms with E-state index in [2.05, 4.69) is 6.08 Å². The Morgan fingerprint density at radius 3 is 1.74 bits per heavy atom. The molecule has 0 heterocycles. The number of rotatable bonds is 3. The first-order chi connectivity index (χ1) is 9.45.